The molecular weight excluding hydrogens is 294 g/mol. The van der Waals surface area contributed by atoms with Gasteiger partial charge in [0.15, 0.2) is 0 Å². The van der Waals surface area contributed by atoms with Gasteiger partial charge in [0.25, 0.3) is 0 Å². The van der Waals surface area contributed by atoms with Crippen LogP contribution < -0.4 is 19.6 Å². The van der Waals surface area contributed by atoms with Gasteiger partial charge < -0.3 is 35.9 Å². The van der Waals surface area contributed by atoms with E-state index in [1.807, 2.05) is 0 Å². The Morgan fingerprint density at radius 2 is 1.00 bits per heavy atom. The molecule has 7 nitrogen and oxygen atoms in total. The summed E-state index contributed by atoms with van der Waals surface area (Å²) < 4.78 is 21.2. The molecule has 0 aliphatic heterocycles. The zero-order chi connectivity index (χ0) is 7.71. The normalized spacial score (nSPS) is 10.3. The fourth-order valence-corrected chi connectivity index (χ4v) is 1.10. The third-order valence-electron chi connectivity index (χ3n) is 0.200. The Kier molecular flexibility index (Phi) is 21.3. The Hall–Kier alpha value is 4.04. The molecule has 0 saturated carbocycles. The predicted octanol–water partition coefficient (Wildman–Crippen LogP) is -4.26. The van der Waals surface area contributed by atoms with Gasteiger partial charge in [-0.15, -0.1) is 0 Å². The molecular formula is H2Ca3O7P2. The number of hydrogen-bond acceptors (Lipinski definition) is 7. The van der Waals surface area contributed by atoms with E-state index in [9.17, 15) is 28.7 Å². The number of phosphoric acid groups is 2. The van der Waals surface area contributed by atoms with Gasteiger partial charge in [-0.25, -0.2) is 0 Å². The van der Waals surface area contributed by atoms with Crippen molar-refractivity contribution in [2.75, 3.05) is 0 Å². The van der Waals surface area contributed by atoms with Crippen molar-refractivity contribution >= 4 is 129 Å². The molecule has 0 saturated heterocycles. The molecule has 0 heterocycles. The summed E-state index contributed by atoms with van der Waals surface area (Å²) in [6.45, 7) is 0. The molecule has 0 atom stereocenters. The van der Waals surface area contributed by atoms with Crippen LogP contribution in [0, 0.1) is 0 Å². The van der Waals surface area contributed by atoms with Crippen molar-refractivity contribution in [2.24, 2.45) is 0 Å². The van der Waals surface area contributed by atoms with E-state index in [2.05, 4.69) is 4.31 Å². The summed E-state index contributed by atoms with van der Waals surface area (Å²) in [4.78, 5) is 37.3. The summed E-state index contributed by atoms with van der Waals surface area (Å²) in [5.41, 5.74) is 0. The van der Waals surface area contributed by atoms with Crippen LogP contribution in [0.3, 0.4) is 0 Å². The van der Waals surface area contributed by atoms with Gasteiger partial charge in [0.2, 0.25) is 0 Å². The fourth-order valence-electron chi connectivity index (χ4n) is 0.122. The van der Waals surface area contributed by atoms with Crippen LogP contribution in [0.4, 0.5) is 0 Å². The van der Waals surface area contributed by atoms with Gasteiger partial charge in [-0.2, -0.15) is 0 Å². The SMILES string of the molecule is O=P([O-])([O-])OP(=O)([O-])[O-].[Ca+2].[Ca+2].[Ca+2].[H-].[H-]. The molecule has 0 rings (SSSR count). The minimum absolute atomic E-state index is 0. The van der Waals surface area contributed by atoms with E-state index < -0.39 is 15.6 Å². The van der Waals surface area contributed by atoms with Gasteiger partial charge in [-0.1, -0.05) is 0 Å². The van der Waals surface area contributed by atoms with E-state index in [4.69, 9.17) is 0 Å². The smallest absolute Gasteiger partial charge is 1.00 e. The van der Waals surface area contributed by atoms with E-state index in [1.54, 1.807) is 0 Å². The Morgan fingerprint density at radius 1 is 0.833 bits per heavy atom. The molecule has 0 aromatic rings. The minimum Gasteiger partial charge on any atom is -1.00 e. The molecule has 0 bridgehead atoms. The van der Waals surface area contributed by atoms with Crippen molar-refractivity contribution in [1.29, 1.82) is 0 Å². The molecule has 0 aromatic heterocycles. The zero-order valence-electron chi connectivity index (χ0n) is 7.87. The molecule has 0 aliphatic rings. The van der Waals surface area contributed by atoms with Gasteiger partial charge in [-0.3, -0.25) is 0 Å². The van der Waals surface area contributed by atoms with Crippen LogP contribution in [0.25, 0.3) is 0 Å². The second-order valence-corrected chi connectivity index (χ2v) is 3.42. The van der Waals surface area contributed by atoms with E-state index in [0.29, 0.717) is 0 Å². The van der Waals surface area contributed by atoms with Gasteiger partial charge >= 0.3 is 113 Å². The Balaban J connectivity index is -0.0000000320. The second kappa shape index (κ2) is 10.2. The zero-order valence-corrected chi connectivity index (χ0v) is 14.3. The molecule has 0 unspecified atom stereocenters. The Bertz CT molecular complexity index is 165. The van der Waals surface area contributed by atoms with Crippen molar-refractivity contribution in [3.8, 4) is 0 Å². The predicted molar refractivity (Wildman–Crippen MR) is 35.8 cm³/mol. The fraction of sp³-hybridized carbons (Fsp3) is 0. The first kappa shape index (κ1) is 25.0. The molecule has 0 N–H and O–H groups in total. The van der Waals surface area contributed by atoms with E-state index in [0.717, 1.165) is 0 Å². The molecule has 0 amide bonds. The molecule has 0 radical (unpaired) electrons. The first-order chi connectivity index (χ1) is 3.71. The summed E-state index contributed by atoms with van der Waals surface area (Å²) in [6, 6.07) is 0. The van der Waals surface area contributed by atoms with Crippen LogP contribution >= 0.6 is 15.6 Å². The minimum atomic E-state index is -5.68. The van der Waals surface area contributed by atoms with Gasteiger partial charge in [0.05, 0.1) is 15.6 Å². The van der Waals surface area contributed by atoms with Crippen molar-refractivity contribution in [3.63, 3.8) is 0 Å². The van der Waals surface area contributed by atoms with Crippen LogP contribution in [-0.4, -0.2) is 113 Å². The van der Waals surface area contributed by atoms with Crippen LogP contribution in [0.2, 0.25) is 0 Å². The quantitative estimate of drug-likeness (QED) is 0.372. The maximum atomic E-state index is 9.32. The maximum absolute atomic E-state index is 9.32. The Morgan fingerprint density at radius 3 is 1.00 bits per heavy atom. The third-order valence-corrected chi connectivity index (χ3v) is 1.80. The third kappa shape index (κ3) is 23.7. The average Bonchev–Trinajstić information content (AvgIpc) is 1.14. The molecule has 0 aliphatic carbocycles. The second-order valence-electron chi connectivity index (χ2n) is 0.976. The standard InChI is InChI=1S/3Ca.H4O7P2.2H/c;;;1-8(2,3)7-9(4,5)6;;/h;;;(H2,1,2,3)(H2,4,5,6);;/q3*+2;;2*-1/p-4. The van der Waals surface area contributed by atoms with Gasteiger partial charge in [0, 0.05) is 0 Å². The van der Waals surface area contributed by atoms with Crippen molar-refractivity contribution in [3.05, 3.63) is 0 Å². The first-order valence-corrected chi connectivity index (χ1v) is 4.38. The first-order valence-electron chi connectivity index (χ1n) is 1.46. The summed E-state index contributed by atoms with van der Waals surface area (Å²) in [5, 5.41) is 0. The summed E-state index contributed by atoms with van der Waals surface area (Å²) in [7, 11) is -11.4. The molecule has 0 aromatic carbocycles. The van der Waals surface area contributed by atoms with E-state index in [-0.39, 0.29) is 116 Å². The molecule has 60 valence electrons. The van der Waals surface area contributed by atoms with Crippen molar-refractivity contribution in [2.45, 2.75) is 0 Å². The summed E-state index contributed by atoms with van der Waals surface area (Å²) in [6.07, 6.45) is 0. The van der Waals surface area contributed by atoms with Gasteiger partial charge in [-0.05, 0) is 0 Å². The topological polar surface area (TPSA) is 136 Å². The molecule has 0 fully saturated rings. The molecule has 12 heteroatoms. The van der Waals surface area contributed by atoms with Crippen LogP contribution in [0.15, 0.2) is 0 Å². The van der Waals surface area contributed by atoms with Gasteiger partial charge in [0.1, 0.15) is 0 Å². The largest absolute Gasteiger partial charge is 2.00 e. The summed E-state index contributed by atoms with van der Waals surface area (Å²) >= 11 is 0. The van der Waals surface area contributed by atoms with Crippen LogP contribution in [0.1, 0.15) is 2.85 Å². The van der Waals surface area contributed by atoms with E-state index >= 15 is 0 Å². The monoisotopic (exact) mass is 296 g/mol. The van der Waals surface area contributed by atoms with Crippen LogP contribution in [-0.2, 0) is 13.4 Å². The van der Waals surface area contributed by atoms with E-state index in [1.165, 1.54) is 0 Å². The average molecular weight is 296 g/mol. The van der Waals surface area contributed by atoms with Crippen molar-refractivity contribution < 1.29 is 35.9 Å². The molecule has 0 spiro atoms. The van der Waals surface area contributed by atoms with Crippen molar-refractivity contribution in [1.82, 2.24) is 0 Å². The maximum Gasteiger partial charge on any atom is 2.00 e. The summed E-state index contributed by atoms with van der Waals surface area (Å²) in [5.74, 6) is 0. The Labute approximate surface area is 161 Å². The number of rotatable bonds is 2. The van der Waals surface area contributed by atoms with Crippen LogP contribution in [0.5, 0.6) is 0 Å². The number of hydrogen-bond donors (Lipinski definition) is 0. The molecule has 12 heavy (non-hydrogen) atoms.